The molecular formula is C17H16N4O3. The minimum absolute atomic E-state index is 0.0296. The molecule has 0 radical (unpaired) electrons. The van der Waals surface area contributed by atoms with E-state index in [1.807, 2.05) is 12.1 Å². The number of aryl methyl sites for hydroxylation is 3. The van der Waals surface area contributed by atoms with Gasteiger partial charge in [-0.2, -0.15) is 4.98 Å². The highest BCUT2D eigenvalue weighted by Crippen LogP contribution is 2.34. The van der Waals surface area contributed by atoms with Gasteiger partial charge in [0.15, 0.2) is 0 Å². The monoisotopic (exact) mass is 324 g/mol. The van der Waals surface area contributed by atoms with Crippen molar-refractivity contribution in [1.82, 2.24) is 20.6 Å². The van der Waals surface area contributed by atoms with E-state index in [-0.39, 0.29) is 17.7 Å². The second-order valence-electron chi connectivity index (χ2n) is 5.95. The van der Waals surface area contributed by atoms with Crippen LogP contribution in [-0.4, -0.2) is 21.2 Å². The average Bonchev–Trinajstić information content (AvgIpc) is 3.27. The fourth-order valence-corrected chi connectivity index (χ4v) is 3.06. The topological polar surface area (TPSA) is 94.1 Å². The molecule has 0 saturated carbocycles. The molecule has 1 aliphatic rings. The van der Waals surface area contributed by atoms with Gasteiger partial charge in [-0.3, -0.25) is 4.79 Å². The summed E-state index contributed by atoms with van der Waals surface area (Å²) in [4.78, 5) is 16.6. The van der Waals surface area contributed by atoms with Crippen LogP contribution in [0.3, 0.4) is 0 Å². The van der Waals surface area contributed by atoms with Crippen LogP contribution < -0.4 is 5.32 Å². The van der Waals surface area contributed by atoms with Gasteiger partial charge in [0.2, 0.25) is 17.5 Å². The first-order chi connectivity index (χ1) is 11.6. The molecule has 1 aromatic carbocycles. The predicted octanol–water partition coefficient (Wildman–Crippen LogP) is 2.76. The average molecular weight is 324 g/mol. The number of nitrogens with zero attached hydrogens (tertiary/aromatic N) is 3. The number of carbonyl (C=O) groups is 1. The number of carbonyl (C=O) groups excluding carboxylic acids is 1. The molecule has 1 N–H and O–H groups in total. The van der Waals surface area contributed by atoms with Crippen molar-refractivity contribution in [2.45, 2.75) is 32.7 Å². The Morgan fingerprint density at radius 1 is 1.29 bits per heavy atom. The van der Waals surface area contributed by atoms with Gasteiger partial charge in [-0.25, -0.2) is 0 Å². The Hall–Kier alpha value is -2.96. The lowest BCUT2D eigenvalue weighted by Gasteiger charge is -2.13. The van der Waals surface area contributed by atoms with Crippen LogP contribution in [0, 0.1) is 13.8 Å². The van der Waals surface area contributed by atoms with Crippen molar-refractivity contribution < 1.29 is 13.8 Å². The van der Waals surface area contributed by atoms with E-state index in [1.54, 1.807) is 13.8 Å². The maximum atomic E-state index is 12.3. The molecule has 1 atom stereocenters. The molecule has 0 saturated heterocycles. The van der Waals surface area contributed by atoms with E-state index in [4.69, 9.17) is 9.05 Å². The highest BCUT2D eigenvalue weighted by atomic mass is 16.5. The minimum atomic E-state index is -0.235. The van der Waals surface area contributed by atoms with Gasteiger partial charge in [-0.1, -0.05) is 22.4 Å². The Labute approximate surface area is 138 Å². The smallest absolute Gasteiger partial charge is 0.290 e. The fourth-order valence-electron chi connectivity index (χ4n) is 3.06. The molecule has 0 fully saturated rings. The van der Waals surface area contributed by atoms with Crippen LogP contribution in [0.4, 0.5) is 0 Å². The highest BCUT2D eigenvalue weighted by molar-refractivity contribution is 5.93. The summed E-state index contributed by atoms with van der Waals surface area (Å²) in [5.74, 6) is 1.15. The lowest BCUT2D eigenvalue weighted by atomic mass is 10.0. The standard InChI is InChI=1S/C17H16N4O3/c1-9-8-18-24-15(9)17(22)20-14-6-4-11-7-12(3-5-13(11)14)16-19-10(2)23-21-16/h3,5,7-8,14H,4,6H2,1-2H3,(H,20,22). The van der Waals surface area contributed by atoms with Crippen molar-refractivity contribution in [3.8, 4) is 11.4 Å². The predicted molar refractivity (Wildman–Crippen MR) is 84.2 cm³/mol. The molecule has 122 valence electrons. The van der Waals surface area contributed by atoms with Gasteiger partial charge in [0, 0.05) is 18.1 Å². The molecule has 2 heterocycles. The van der Waals surface area contributed by atoms with Crippen molar-refractivity contribution in [3.63, 3.8) is 0 Å². The van der Waals surface area contributed by atoms with E-state index >= 15 is 0 Å². The third kappa shape index (κ3) is 2.47. The Morgan fingerprint density at radius 3 is 2.88 bits per heavy atom. The largest absolute Gasteiger partial charge is 0.351 e. The third-order valence-corrected chi connectivity index (χ3v) is 4.27. The number of nitrogens with one attached hydrogen (secondary N) is 1. The molecule has 0 aliphatic heterocycles. The number of rotatable bonds is 3. The summed E-state index contributed by atoms with van der Waals surface area (Å²) in [6, 6.07) is 6.00. The van der Waals surface area contributed by atoms with Crippen molar-refractivity contribution >= 4 is 5.91 Å². The Kier molecular flexibility index (Phi) is 3.41. The lowest BCUT2D eigenvalue weighted by Crippen LogP contribution is -2.27. The maximum Gasteiger partial charge on any atom is 0.290 e. The van der Waals surface area contributed by atoms with Gasteiger partial charge in [-0.05, 0) is 37.0 Å². The highest BCUT2D eigenvalue weighted by Gasteiger charge is 2.26. The zero-order valence-electron chi connectivity index (χ0n) is 13.4. The van der Waals surface area contributed by atoms with Gasteiger partial charge >= 0.3 is 0 Å². The Balaban J connectivity index is 1.56. The Bertz CT molecular complexity index is 912. The van der Waals surface area contributed by atoms with Crippen LogP contribution in [0.1, 0.15) is 45.6 Å². The molecule has 24 heavy (non-hydrogen) atoms. The Morgan fingerprint density at radius 2 is 2.17 bits per heavy atom. The summed E-state index contributed by atoms with van der Waals surface area (Å²) in [6.45, 7) is 3.56. The number of fused-ring (bicyclic) bond motifs is 1. The van der Waals surface area contributed by atoms with Crippen molar-refractivity contribution in [2.24, 2.45) is 0 Å². The number of hydrogen-bond acceptors (Lipinski definition) is 6. The van der Waals surface area contributed by atoms with Crippen LogP contribution in [-0.2, 0) is 6.42 Å². The molecule has 0 bridgehead atoms. The first-order valence-corrected chi connectivity index (χ1v) is 7.77. The van der Waals surface area contributed by atoms with Gasteiger partial charge in [0.05, 0.1) is 12.2 Å². The number of aromatic nitrogens is 3. The number of amides is 1. The molecule has 7 heteroatoms. The molecule has 4 rings (SSSR count). The molecule has 1 aliphatic carbocycles. The third-order valence-electron chi connectivity index (χ3n) is 4.27. The van der Waals surface area contributed by atoms with E-state index in [9.17, 15) is 4.79 Å². The summed E-state index contributed by atoms with van der Waals surface area (Å²) in [6.07, 6.45) is 3.28. The quantitative estimate of drug-likeness (QED) is 0.796. The van der Waals surface area contributed by atoms with Crippen molar-refractivity contribution in [3.05, 3.63) is 52.7 Å². The minimum Gasteiger partial charge on any atom is -0.351 e. The maximum absolute atomic E-state index is 12.3. The van der Waals surface area contributed by atoms with Gasteiger partial charge in [-0.15, -0.1) is 0 Å². The van der Waals surface area contributed by atoms with Crippen LogP contribution >= 0.6 is 0 Å². The molecule has 0 spiro atoms. The first kappa shape index (κ1) is 14.6. The van der Waals surface area contributed by atoms with Crippen LogP contribution in [0.2, 0.25) is 0 Å². The first-order valence-electron chi connectivity index (χ1n) is 7.77. The summed E-state index contributed by atoms with van der Waals surface area (Å²) in [5, 5.41) is 10.6. The summed E-state index contributed by atoms with van der Waals surface area (Å²) in [7, 11) is 0. The van der Waals surface area contributed by atoms with E-state index < -0.39 is 0 Å². The second-order valence-corrected chi connectivity index (χ2v) is 5.95. The molecule has 1 amide bonds. The second kappa shape index (κ2) is 5.59. The zero-order valence-corrected chi connectivity index (χ0v) is 13.4. The van der Waals surface area contributed by atoms with Crippen molar-refractivity contribution in [2.75, 3.05) is 0 Å². The van der Waals surface area contributed by atoms with Gasteiger partial charge < -0.3 is 14.4 Å². The van der Waals surface area contributed by atoms with E-state index in [1.165, 1.54) is 11.8 Å². The van der Waals surface area contributed by atoms with Crippen LogP contribution in [0.25, 0.3) is 11.4 Å². The van der Waals surface area contributed by atoms with E-state index in [0.717, 1.165) is 29.5 Å². The number of benzene rings is 1. The van der Waals surface area contributed by atoms with Gasteiger partial charge in [0.1, 0.15) is 0 Å². The van der Waals surface area contributed by atoms with Crippen molar-refractivity contribution in [1.29, 1.82) is 0 Å². The lowest BCUT2D eigenvalue weighted by molar-refractivity contribution is 0.0898. The van der Waals surface area contributed by atoms with E-state index in [0.29, 0.717) is 11.7 Å². The molecule has 3 aromatic rings. The molecule has 2 aromatic heterocycles. The normalized spacial score (nSPS) is 16.2. The van der Waals surface area contributed by atoms with Gasteiger partial charge in [0.25, 0.3) is 5.91 Å². The summed E-state index contributed by atoms with van der Waals surface area (Å²) < 4.78 is 10.0. The molecule has 7 nitrogen and oxygen atoms in total. The molecule has 1 unspecified atom stereocenters. The summed E-state index contributed by atoms with van der Waals surface area (Å²) >= 11 is 0. The number of hydrogen-bond donors (Lipinski definition) is 1. The zero-order chi connectivity index (χ0) is 16.7. The van der Waals surface area contributed by atoms with Crippen LogP contribution in [0.5, 0.6) is 0 Å². The van der Waals surface area contributed by atoms with Crippen LogP contribution in [0.15, 0.2) is 33.4 Å². The summed E-state index contributed by atoms with van der Waals surface area (Å²) in [5.41, 5.74) is 3.95. The fraction of sp³-hybridized carbons (Fsp3) is 0.294. The van der Waals surface area contributed by atoms with E-state index in [2.05, 4.69) is 26.7 Å². The SMILES string of the molecule is Cc1nc(-c2ccc3c(c2)CCC3NC(=O)c2oncc2C)no1. The molecular weight excluding hydrogens is 308 g/mol.